The van der Waals surface area contributed by atoms with Gasteiger partial charge in [0.1, 0.15) is 5.51 Å². The van der Waals surface area contributed by atoms with Crippen LogP contribution in [-0.4, -0.2) is 30.8 Å². The van der Waals surface area contributed by atoms with E-state index in [4.69, 9.17) is 0 Å². The number of aryl methyl sites for hydroxylation is 1. The Labute approximate surface area is 120 Å². The number of hydrogen-bond acceptors (Lipinski definition) is 6. The van der Waals surface area contributed by atoms with Crippen molar-refractivity contribution in [3.05, 3.63) is 34.8 Å². The zero-order valence-electron chi connectivity index (χ0n) is 10.7. The molecule has 106 valence electrons. The minimum atomic E-state index is -3.39. The van der Waals surface area contributed by atoms with E-state index in [2.05, 4.69) is 20.2 Å². The van der Waals surface area contributed by atoms with Crippen molar-refractivity contribution in [3.63, 3.8) is 0 Å². The largest absolute Gasteiger partial charge is 0.296 e. The summed E-state index contributed by atoms with van der Waals surface area (Å²) in [4.78, 5) is 12.0. The van der Waals surface area contributed by atoms with Crippen LogP contribution in [0.3, 0.4) is 0 Å². The van der Waals surface area contributed by atoms with Crippen LogP contribution in [0.1, 0.15) is 15.9 Å². The SMILES string of the molecule is Cc1ccc(C(=O)Nc2nncs2)cc1NS(C)(=O)=O. The van der Waals surface area contributed by atoms with Crippen molar-refractivity contribution in [3.8, 4) is 0 Å². The van der Waals surface area contributed by atoms with Gasteiger partial charge < -0.3 is 0 Å². The van der Waals surface area contributed by atoms with Gasteiger partial charge in [-0.05, 0) is 24.6 Å². The summed E-state index contributed by atoms with van der Waals surface area (Å²) < 4.78 is 24.9. The highest BCUT2D eigenvalue weighted by molar-refractivity contribution is 7.92. The Kier molecular flexibility index (Phi) is 4.00. The van der Waals surface area contributed by atoms with E-state index < -0.39 is 10.0 Å². The summed E-state index contributed by atoms with van der Waals surface area (Å²) in [7, 11) is -3.39. The van der Waals surface area contributed by atoms with Crippen LogP contribution >= 0.6 is 11.3 Å². The Bertz CT molecular complexity index is 726. The average Bonchev–Trinajstić information content (AvgIpc) is 2.83. The summed E-state index contributed by atoms with van der Waals surface area (Å²) in [6.07, 6.45) is 1.06. The third-order valence-corrected chi connectivity index (χ3v) is 3.57. The van der Waals surface area contributed by atoms with E-state index in [9.17, 15) is 13.2 Å². The molecule has 2 N–H and O–H groups in total. The van der Waals surface area contributed by atoms with Gasteiger partial charge in [-0.2, -0.15) is 0 Å². The second-order valence-electron chi connectivity index (χ2n) is 4.10. The molecule has 0 bridgehead atoms. The standard InChI is InChI=1S/C11H12N4O3S2/c1-7-3-4-8(5-9(7)15-20(2,17)18)10(16)13-11-14-12-6-19-11/h3-6,15H,1-2H3,(H,13,14,16). The van der Waals surface area contributed by atoms with E-state index >= 15 is 0 Å². The molecule has 1 aromatic carbocycles. The first-order chi connectivity index (χ1) is 9.35. The van der Waals surface area contributed by atoms with Crippen LogP contribution in [-0.2, 0) is 10.0 Å². The van der Waals surface area contributed by atoms with Crippen molar-refractivity contribution < 1.29 is 13.2 Å². The topological polar surface area (TPSA) is 101 Å². The molecule has 2 aromatic rings. The van der Waals surface area contributed by atoms with Crippen LogP contribution in [0.2, 0.25) is 0 Å². The molecule has 0 fully saturated rings. The molecule has 1 aromatic heterocycles. The van der Waals surface area contributed by atoms with Crippen LogP contribution in [0.4, 0.5) is 10.8 Å². The highest BCUT2D eigenvalue weighted by atomic mass is 32.2. The third-order valence-electron chi connectivity index (χ3n) is 2.38. The third kappa shape index (κ3) is 3.75. The smallest absolute Gasteiger partial charge is 0.257 e. The molecular weight excluding hydrogens is 300 g/mol. The number of benzene rings is 1. The van der Waals surface area contributed by atoms with Crippen molar-refractivity contribution in [2.75, 3.05) is 16.3 Å². The predicted octanol–water partition coefficient (Wildman–Crippen LogP) is 1.47. The fourth-order valence-corrected chi connectivity index (χ4v) is 2.53. The van der Waals surface area contributed by atoms with Crippen LogP contribution in [0.25, 0.3) is 0 Å². The number of carbonyl (C=O) groups is 1. The summed E-state index contributed by atoms with van der Waals surface area (Å²) >= 11 is 1.20. The molecule has 0 aliphatic heterocycles. The molecule has 0 aliphatic carbocycles. The van der Waals surface area contributed by atoms with Gasteiger partial charge in [0.2, 0.25) is 15.2 Å². The number of amides is 1. The van der Waals surface area contributed by atoms with Crippen molar-refractivity contribution in [2.24, 2.45) is 0 Å². The zero-order valence-corrected chi connectivity index (χ0v) is 12.4. The Balaban J connectivity index is 2.24. The molecule has 1 amide bonds. The first-order valence-electron chi connectivity index (χ1n) is 5.51. The van der Waals surface area contributed by atoms with Gasteiger partial charge in [0, 0.05) is 5.56 Å². The highest BCUT2D eigenvalue weighted by Gasteiger charge is 2.12. The molecule has 0 aliphatic rings. The number of sulfonamides is 1. The van der Waals surface area contributed by atoms with E-state index in [-0.39, 0.29) is 5.91 Å². The van der Waals surface area contributed by atoms with Gasteiger partial charge in [-0.25, -0.2) is 8.42 Å². The zero-order chi connectivity index (χ0) is 14.8. The number of rotatable bonds is 4. The van der Waals surface area contributed by atoms with Crippen molar-refractivity contribution in [2.45, 2.75) is 6.92 Å². The normalized spacial score (nSPS) is 11.1. The molecular formula is C11H12N4O3S2. The summed E-state index contributed by atoms with van der Waals surface area (Å²) in [6.45, 7) is 1.75. The van der Waals surface area contributed by atoms with Crippen LogP contribution < -0.4 is 10.0 Å². The van der Waals surface area contributed by atoms with E-state index in [0.717, 1.165) is 11.8 Å². The summed E-state index contributed by atoms with van der Waals surface area (Å²) in [6, 6.07) is 4.76. The van der Waals surface area contributed by atoms with E-state index in [1.807, 2.05) is 0 Å². The molecule has 2 rings (SSSR count). The number of carbonyl (C=O) groups excluding carboxylic acids is 1. The fourth-order valence-electron chi connectivity index (χ4n) is 1.47. The van der Waals surface area contributed by atoms with Gasteiger partial charge in [0.05, 0.1) is 11.9 Å². The lowest BCUT2D eigenvalue weighted by molar-refractivity contribution is 0.102. The maximum atomic E-state index is 12.0. The number of aromatic nitrogens is 2. The number of anilines is 2. The van der Waals surface area contributed by atoms with Crippen molar-refractivity contribution in [1.82, 2.24) is 10.2 Å². The van der Waals surface area contributed by atoms with E-state index in [1.54, 1.807) is 19.1 Å². The molecule has 0 unspecified atom stereocenters. The summed E-state index contributed by atoms with van der Waals surface area (Å²) in [5.74, 6) is -0.377. The number of nitrogens with zero attached hydrogens (tertiary/aromatic N) is 2. The quantitative estimate of drug-likeness (QED) is 0.890. The molecule has 0 radical (unpaired) electrons. The Hall–Kier alpha value is -2.00. The monoisotopic (exact) mass is 312 g/mol. The summed E-state index contributed by atoms with van der Waals surface area (Å²) in [5, 5.41) is 10.3. The second kappa shape index (κ2) is 5.55. The Morgan fingerprint density at radius 2 is 2.10 bits per heavy atom. The predicted molar refractivity (Wildman–Crippen MR) is 77.5 cm³/mol. The average molecular weight is 312 g/mol. The molecule has 7 nitrogen and oxygen atoms in total. The lowest BCUT2D eigenvalue weighted by atomic mass is 10.1. The van der Waals surface area contributed by atoms with Crippen LogP contribution in [0.5, 0.6) is 0 Å². The molecule has 0 saturated heterocycles. The van der Waals surface area contributed by atoms with Crippen molar-refractivity contribution in [1.29, 1.82) is 0 Å². The fraction of sp³-hybridized carbons (Fsp3) is 0.182. The molecule has 20 heavy (non-hydrogen) atoms. The Morgan fingerprint density at radius 1 is 1.35 bits per heavy atom. The van der Waals surface area contributed by atoms with Gasteiger partial charge in [0.25, 0.3) is 5.91 Å². The van der Waals surface area contributed by atoms with Crippen molar-refractivity contribution >= 4 is 38.1 Å². The lowest BCUT2D eigenvalue weighted by Crippen LogP contribution is -2.14. The Morgan fingerprint density at radius 3 is 2.70 bits per heavy atom. The minimum Gasteiger partial charge on any atom is -0.296 e. The molecule has 9 heteroatoms. The van der Waals surface area contributed by atoms with E-state index in [0.29, 0.717) is 16.4 Å². The maximum Gasteiger partial charge on any atom is 0.257 e. The van der Waals surface area contributed by atoms with Gasteiger partial charge >= 0.3 is 0 Å². The number of hydrogen-bond donors (Lipinski definition) is 2. The van der Waals surface area contributed by atoms with Gasteiger partial charge in [-0.1, -0.05) is 17.4 Å². The summed E-state index contributed by atoms with van der Waals surface area (Å²) in [5.41, 5.74) is 2.93. The molecule has 0 spiro atoms. The molecule has 0 saturated carbocycles. The second-order valence-corrected chi connectivity index (χ2v) is 6.68. The van der Waals surface area contributed by atoms with Gasteiger partial charge in [-0.15, -0.1) is 10.2 Å². The maximum absolute atomic E-state index is 12.0. The van der Waals surface area contributed by atoms with Crippen LogP contribution in [0.15, 0.2) is 23.7 Å². The number of nitrogens with one attached hydrogen (secondary N) is 2. The van der Waals surface area contributed by atoms with Crippen LogP contribution in [0, 0.1) is 6.92 Å². The molecule has 1 heterocycles. The first-order valence-corrected chi connectivity index (χ1v) is 8.28. The highest BCUT2D eigenvalue weighted by Crippen LogP contribution is 2.19. The molecule has 0 atom stereocenters. The minimum absolute atomic E-state index is 0.331. The van der Waals surface area contributed by atoms with Gasteiger partial charge in [0.15, 0.2) is 0 Å². The van der Waals surface area contributed by atoms with E-state index in [1.165, 1.54) is 22.9 Å². The van der Waals surface area contributed by atoms with Gasteiger partial charge in [-0.3, -0.25) is 14.8 Å². The lowest BCUT2D eigenvalue weighted by Gasteiger charge is -2.09. The first kappa shape index (κ1) is 14.4.